The van der Waals surface area contributed by atoms with E-state index >= 15 is 0 Å². The first kappa shape index (κ1) is 21.0. The summed E-state index contributed by atoms with van der Waals surface area (Å²) in [4.78, 5) is 13.2. The van der Waals surface area contributed by atoms with E-state index in [9.17, 15) is 5.11 Å². The van der Waals surface area contributed by atoms with Gasteiger partial charge in [-0.1, -0.05) is 36.9 Å². The summed E-state index contributed by atoms with van der Waals surface area (Å²) in [5, 5.41) is 15.4. The van der Waals surface area contributed by atoms with Crippen LogP contribution >= 0.6 is 11.6 Å². The van der Waals surface area contributed by atoms with E-state index in [-0.39, 0.29) is 0 Å². The van der Waals surface area contributed by atoms with Gasteiger partial charge in [0.2, 0.25) is 0 Å². The average molecular weight is 425 g/mol. The summed E-state index contributed by atoms with van der Waals surface area (Å²) in [7, 11) is 0. The molecule has 0 radical (unpaired) electrons. The highest BCUT2D eigenvalue weighted by atomic mass is 35.5. The molecule has 2 aromatic heterocycles. The molecule has 3 aromatic rings. The van der Waals surface area contributed by atoms with E-state index in [0.29, 0.717) is 22.8 Å². The fourth-order valence-electron chi connectivity index (χ4n) is 4.27. The molecule has 1 aromatic carbocycles. The van der Waals surface area contributed by atoms with Crippen molar-refractivity contribution in [2.75, 3.05) is 5.32 Å². The lowest BCUT2D eigenvalue weighted by molar-refractivity contribution is 0.0687. The molecular formula is C24H29ClN4O. The third kappa shape index (κ3) is 4.42. The van der Waals surface area contributed by atoms with Gasteiger partial charge in [-0.15, -0.1) is 0 Å². The second kappa shape index (κ2) is 8.48. The predicted molar refractivity (Wildman–Crippen MR) is 123 cm³/mol. The normalized spacial score (nSPS) is 16.6. The minimum Gasteiger partial charge on any atom is -0.382 e. The van der Waals surface area contributed by atoms with Crippen molar-refractivity contribution in [2.24, 2.45) is 5.92 Å². The van der Waals surface area contributed by atoms with E-state index in [4.69, 9.17) is 11.6 Å². The van der Waals surface area contributed by atoms with Crippen LogP contribution < -0.4 is 5.32 Å². The Labute approximate surface area is 182 Å². The Balaban J connectivity index is 1.68. The van der Waals surface area contributed by atoms with E-state index in [1.54, 1.807) is 32.4 Å². The van der Waals surface area contributed by atoms with Gasteiger partial charge in [0.15, 0.2) is 5.82 Å². The lowest BCUT2D eigenvalue weighted by atomic mass is 9.84. The van der Waals surface area contributed by atoms with Gasteiger partial charge in [-0.3, -0.25) is 4.98 Å². The zero-order chi connectivity index (χ0) is 21.3. The van der Waals surface area contributed by atoms with E-state index in [2.05, 4.69) is 33.3 Å². The van der Waals surface area contributed by atoms with Crippen LogP contribution in [0.3, 0.4) is 0 Å². The molecule has 2 heterocycles. The minimum atomic E-state index is -1.06. The molecule has 158 valence electrons. The standard InChI is InChI=1S/C24H29ClN4O/c1-15(16-7-5-4-6-8-16)29-22-19-11-17(9-10-21(19)26-14-20(22)25)18-12-27-23(28-13-18)24(2,3)30/h9-16,30H,4-8H2,1-3H3,(H,26,29)/t15-/m0/s1. The predicted octanol–water partition coefficient (Wildman–Crippen LogP) is 5.95. The van der Waals surface area contributed by atoms with E-state index in [1.165, 1.54) is 32.1 Å². The average Bonchev–Trinajstić information content (AvgIpc) is 2.75. The molecule has 1 aliphatic carbocycles. The van der Waals surface area contributed by atoms with Crippen molar-refractivity contribution in [3.8, 4) is 11.1 Å². The molecule has 1 saturated carbocycles. The Bertz CT molecular complexity index is 1020. The zero-order valence-electron chi connectivity index (χ0n) is 17.8. The van der Waals surface area contributed by atoms with Gasteiger partial charge in [-0.2, -0.15) is 0 Å². The van der Waals surface area contributed by atoms with Crippen LogP contribution in [0, 0.1) is 5.92 Å². The topological polar surface area (TPSA) is 70.9 Å². The first-order valence-corrected chi connectivity index (χ1v) is 11.1. The van der Waals surface area contributed by atoms with Crippen LogP contribution in [0.2, 0.25) is 5.02 Å². The number of halogens is 1. The molecule has 6 heteroatoms. The van der Waals surface area contributed by atoms with Gasteiger partial charge in [-0.05, 0) is 57.2 Å². The van der Waals surface area contributed by atoms with Crippen molar-refractivity contribution in [2.45, 2.75) is 64.5 Å². The summed E-state index contributed by atoms with van der Waals surface area (Å²) < 4.78 is 0. The molecule has 1 aliphatic rings. The number of aromatic nitrogens is 3. The van der Waals surface area contributed by atoms with Crippen LogP contribution in [-0.2, 0) is 5.60 Å². The number of aliphatic hydroxyl groups is 1. The quantitative estimate of drug-likeness (QED) is 0.529. The molecule has 1 atom stereocenters. The van der Waals surface area contributed by atoms with Crippen molar-refractivity contribution < 1.29 is 5.11 Å². The Morgan fingerprint density at radius 3 is 2.40 bits per heavy atom. The summed E-state index contributed by atoms with van der Waals surface area (Å²) in [5.74, 6) is 1.07. The third-order valence-electron chi connectivity index (χ3n) is 6.08. The van der Waals surface area contributed by atoms with E-state index in [1.807, 2.05) is 12.1 Å². The van der Waals surface area contributed by atoms with Gasteiger partial charge in [0, 0.05) is 35.6 Å². The smallest absolute Gasteiger partial charge is 0.159 e. The summed E-state index contributed by atoms with van der Waals surface area (Å²) in [5.41, 5.74) is 2.65. The minimum absolute atomic E-state index is 0.353. The monoisotopic (exact) mass is 424 g/mol. The Hall–Kier alpha value is -2.24. The highest BCUT2D eigenvalue weighted by molar-refractivity contribution is 6.34. The number of nitrogens with zero attached hydrogens (tertiary/aromatic N) is 3. The molecule has 0 saturated heterocycles. The molecule has 30 heavy (non-hydrogen) atoms. The van der Waals surface area contributed by atoms with Crippen molar-refractivity contribution >= 4 is 28.2 Å². The van der Waals surface area contributed by atoms with Gasteiger partial charge in [0.25, 0.3) is 0 Å². The number of pyridine rings is 1. The highest BCUT2D eigenvalue weighted by Crippen LogP contribution is 2.35. The fourth-order valence-corrected chi connectivity index (χ4v) is 4.47. The zero-order valence-corrected chi connectivity index (χ0v) is 18.6. The van der Waals surface area contributed by atoms with Crippen LogP contribution in [0.4, 0.5) is 5.69 Å². The number of hydrogen-bond acceptors (Lipinski definition) is 5. The number of anilines is 1. The Kier molecular flexibility index (Phi) is 5.94. The molecular weight excluding hydrogens is 396 g/mol. The number of nitrogens with one attached hydrogen (secondary N) is 1. The lowest BCUT2D eigenvalue weighted by Gasteiger charge is -2.29. The van der Waals surface area contributed by atoms with Crippen molar-refractivity contribution in [3.05, 3.63) is 47.6 Å². The fraction of sp³-hybridized carbons (Fsp3) is 0.458. The van der Waals surface area contributed by atoms with Crippen LogP contribution in [0.15, 0.2) is 36.8 Å². The summed E-state index contributed by atoms with van der Waals surface area (Å²) in [6.07, 6.45) is 11.7. The second-order valence-electron chi connectivity index (χ2n) is 8.90. The maximum atomic E-state index is 10.1. The van der Waals surface area contributed by atoms with E-state index in [0.717, 1.165) is 27.7 Å². The van der Waals surface area contributed by atoms with E-state index < -0.39 is 5.60 Å². The van der Waals surface area contributed by atoms with Crippen LogP contribution in [0.1, 0.15) is 58.7 Å². The van der Waals surface area contributed by atoms with Crippen molar-refractivity contribution in [3.63, 3.8) is 0 Å². The molecule has 0 aliphatic heterocycles. The second-order valence-corrected chi connectivity index (χ2v) is 9.31. The molecule has 0 spiro atoms. The van der Waals surface area contributed by atoms with Crippen LogP contribution in [-0.4, -0.2) is 26.1 Å². The van der Waals surface area contributed by atoms with Gasteiger partial charge in [0.05, 0.1) is 16.2 Å². The molecule has 1 fully saturated rings. The summed E-state index contributed by atoms with van der Waals surface area (Å²) >= 11 is 6.58. The Morgan fingerprint density at radius 2 is 1.73 bits per heavy atom. The van der Waals surface area contributed by atoms with Crippen molar-refractivity contribution in [1.29, 1.82) is 0 Å². The number of fused-ring (bicyclic) bond motifs is 1. The number of benzene rings is 1. The van der Waals surface area contributed by atoms with Gasteiger partial charge >= 0.3 is 0 Å². The van der Waals surface area contributed by atoms with Gasteiger partial charge in [0.1, 0.15) is 5.60 Å². The molecule has 4 rings (SSSR count). The number of rotatable bonds is 5. The first-order valence-electron chi connectivity index (χ1n) is 10.7. The molecule has 0 amide bonds. The third-order valence-corrected chi connectivity index (χ3v) is 6.37. The van der Waals surface area contributed by atoms with Crippen LogP contribution in [0.25, 0.3) is 22.0 Å². The maximum Gasteiger partial charge on any atom is 0.159 e. The summed E-state index contributed by atoms with van der Waals surface area (Å²) in [6, 6.07) is 6.46. The van der Waals surface area contributed by atoms with Crippen molar-refractivity contribution in [1.82, 2.24) is 15.0 Å². The molecule has 0 bridgehead atoms. The lowest BCUT2D eigenvalue weighted by Crippen LogP contribution is -2.27. The molecule has 5 nitrogen and oxygen atoms in total. The number of hydrogen-bond donors (Lipinski definition) is 2. The van der Waals surface area contributed by atoms with Gasteiger partial charge < -0.3 is 10.4 Å². The molecule has 2 N–H and O–H groups in total. The van der Waals surface area contributed by atoms with Crippen LogP contribution in [0.5, 0.6) is 0 Å². The Morgan fingerprint density at radius 1 is 1.03 bits per heavy atom. The van der Waals surface area contributed by atoms with Gasteiger partial charge in [-0.25, -0.2) is 9.97 Å². The largest absolute Gasteiger partial charge is 0.382 e. The first-order chi connectivity index (χ1) is 14.3. The molecule has 0 unspecified atom stereocenters. The summed E-state index contributed by atoms with van der Waals surface area (Å²) in [6.45, 7) is 5.61. The highest BCUT2D eigenvalue weighted by Gasteiger charge is 2.22. The maximum absolute atomic E-state index is 10.1. The SMILES string of the molecule is C[C@H](Nc1c(Cl)cnc2ccc(-c3cnc(C(C)(C)O)nc3)cc12)C1CCCCC1.